The fraction of sp³-hybridized carbons (Fsp3) is 0.167. The van der Waals surface area contributed by atoms with Crippen LogP contribution in [0.5, 0.6) is 0 Å². The van der Waals surface area contributed by atoms with E-state index in [-0.39, 0.29) is 6.42 Å². The minimum atomic E-state index is -0.975. The van der Waals surface area contributed by atoms with Crippen LogP contribution in [0.1, 0.15) is 6.42 Å². The van der Waals surface area contributed by atoms with Crippen molar-refractivity contribution in [1.29, 1.82) is 0 Å². The zero-order valence-corrected chi connectivity index (χ0v) is 13.1. The minimum Gasteiger partial charge on any atom is -0.467 e. The van der Waals surface area contributed by atoms with Crippen molar-refractivity contribution in [2.24, 2.45) is 0 Å². The summed E-state index contributed by atoms with van der Waals surface area (Å²) in [5.74, 6) is -1.05. The molecule has 0 bridgehead atoms. The van der Waals surface area contributed by atoms with Gasteiger partial charge in [-0.15, -0.1) is 0 Å². The summed E-state index contributed by atoms with van der Waals surface area (Å²) >= 11 is 0. The third-order valence-electron chi connectivity index (χ3n) is 3.85. The standard InChI is InChI=1S/C18H16N2O4/c1-24-17(22)15-12-16(21)20(14-10-6-3-7-11-14)18(23)19(15)13-8-4-2-5-9-13/h2-11,15H,12H2,1H3. The predicted octanol–water partition coefficient (Wildman–Crippen LogP) is 2.59. The van der Waals surface area contributed by atoms with Crippen molar-refractivity contribution in [2.75, 3.05) is 16.9 Å². The lowest BCUT2D eigenvalue weighted by atomic mass is 10.1. The molecule has 2 aromatic rings. The third kappa shape index (κ3) is 2.74. The Bertz CT molecular complexity index is 761. The molecule has 122 valence electrons. The van der Waals surface area contributed by atoms with Gasteiger partial charge in [0, 0.05) is 5.69 Å². The van der Waals surface area contributed by atoms with Crippen molar-refractivity contribution >= 4 is 29.3 Å². The van der Waals surface area contributed by atoms with E-state index in [0.29, 0.717) is 11.4 Å². The number of carbonyl (C=O) groups excluding carboxylic acids is 3. The van der Waals surface area contributed by atoms with Crippen molar-refractivity contribution in [3.05, 3.63) is 60.7 Å². The van der Waals surface area contributed by atoms with Gasteiger partial charge >= 0.3 is 12.0 Å². The Kier molecular flexibility index (Phi) is 4.29. The second-order valence-electron chi connectivity index (χ2n) is 5.30. The van der Waals surface area contributed by atoms with Crippen LogP contribution in [0.4, 0.5) is 16.2 Å². The monoisotopic (exact) mass is 324 g/mol. The number of anilines is 2. The van der Waals surface area contributed by atoms with Gasteiger partial charge < -0.3 is 4.74 Å². The average Bonchev–Trinajstić information content (AvgIpc) is 2.62. The van der Waals surface area contributed by atoms with Gasteiger partial charge in [0.05, 0.1) is 19.2 Å². The normalized spacial score (nSPS) is 17.8. The number of benzene rings is 2. The number of amides is 3. The van der Waals surface area contributed by atoms with Crippen molar-refractivity contribution in [3.8, 4) is 0 Å². The van der Waals surface area contributed by atoms with Crippen molar-refractivity contribution in [3.63, 3.8) is 0 Å². The number of methoxy groups -OCH3 is 1. The summed E-state index contributed by atoms with van der Waals surface area (Å²) in [5, 5.41) is 0. The van der Waals surface area contributed by atoms with Crippen LogP contribution < -0.4 is 9.80 Å². The molecule has 2 aromatic carbocycles. The highest BCUT2D eigenvalue weighted by molar-refractivity contribution is 6.24. The molecule has 0 radical (unpaired) electrons. The van der Waals surface area contributed by atoms with Gasteiger partial charge in [0.25, 0.3) is 0 Å². The van der Waals surface area contributed by atoms with Crippen LogP contribution in [0, 0.1) is 0 Å². The SMILES string of the molecule is COC(=O)C1CC(=O)N(c2ccccc2)C(=O)N1c1ccccc1. The fourth-order valence-electron chi connectivity index (χ4n) is 2.73. The zero-order valence-electron chi connectivity index (χ0n) is 13.1. The number of rotatable bonds is 3. The Morgan fingerprint density at radius 1 is 0.958 bits per heavy atom. The Hall–Kier alpha value is -3.15. The molecule has 1 unspecified atom stereocenters. The number of ether oxygens (including phenoxy) is 1. The first-order chi connectivity index (χ1) is 11.6. The van der Waals surface area contributed by atoms with Gasteiger partial charge in [-0.3, -0.25) is 9.69 Å². The predicted molar refractivity (Wildman–Crippen MR) is 88.7 cm³/mol. The van der Waals surface area contributed by atoms with E-state index in [0.717, 1.165) is 4.90 Å². The molecule has 6 heteroatoms. The zero-order chi connectivity index (χ0) is 17.1. The van der Waals surface area contributed by atoms with Crippen LogP contribution in [0.2, 0.25) is 0 Å². The molecule has 0 spiro atoms. The molecule has 0 aromatic heterocycles. The molecule has 1 aliphatic rings. The highest BCUT2D eigenvalue weighted by atomic mass is 16.5. The molecule has 1 fully saturated rings. The maximum absolute atomic E-state index is 13.0. The minimum absolute atomic E-state index is 0.137. The van der Waals surface area contributed by atoms with Crippen LogP contribution in [-0.2, 0) is 14.3 Å². The molecule has 1 saturated heterocycles. The summed E-state index contributed by atoms with van der Waals surface area (Å²) < 4.78 is 4.78. The highest BCUT2D eigenvalue weighted by Crippen LogP contribution is 2.29. The van der Waals surface area contributed by atoms with Crippen LogP contribution in [0.15, 0.2) is 60.7 Å². The number of nitrogens with zero attached hydrogens (tertiary/aromatic N) is 2. The number of hydrogen-bond acceptors (Lipinski definition) is 4. The first kappa shape index (κ1) is 15.7. The van der Waals surface area contributed by atoms with Crippen LogP contribution in [0.25, 0.3) is 0 Å². The summed E-state index contributed by atoms with van der Waals surface area (Å²) in [6.07, 6.45) is -0.137. The number of hydrogen-bond donors (Lipinski definition) is 0. The van der Waals surface area contributed by atoms with Gasteiger partial charge in [-0.1, -0.05) is 36.4 Å². The number of imide groups is 1. The summed E-state index contributed by atoms with van der Waals surface area (Å²) in [5.41, 5.74) is 1.00. The molecule has 1 heterocycles. The molecule has 6 nitrogen and oxygen atoms in total. The molecule has 3 rings (SSSR count). The first-order valence-corrected chi connectivity index (χ1v) is 7.47. The molecule has 1 atom stereocenters. The summed E-state index contributed by atoms with van der Waals surface area (Å²) in [4.78, 5) is 40.0. The number of esters is 1. The maximum Gasteiger partial charge on any atom is 0.336 e. The van der Waals surface area contributed by atoms with Crippen molar-refractivity contribution < 1.29 is 19.1 Å². The number of para-hydroxylation sites is 2. The number of urea groups is 1. The summed E-state index contributed by atoms with van der Waals surface area (Å²) in [6.45, 7) is 0. The van der Waals surface area contributed by atoms with Gasteiger partial charge in [-0.2, -0.15) is 0 Å². The van der Waals surface area contributed by atoms with E-state index < -0.39 is 23.9 Å². The third-order valence-corrected chi connectivity index (χ3v) is 3.85. The topological polar surface area (TPSA) is 66.9 Å². The molecule has 0 aliphatic carbocycles. The second kappa shape index (κ2) is 6.54. The van der Waals surface area contributed by atoms with Crippen molar-refractivity contribution in [1.82, 2.24) is 0 Å². The van der Waals surface area contributed by atoms with E-state index in [1.54, 1.807) is 54.6 Å². The highest BCUT2D eigenvalue weighted by Gasteiger charge is 2.44. The van der Waals surface area contributed by atoms with Gasteiger partial charge in [0.1, 0.15) is 6.04 Å². The van der Waals surface area contributed by atoms with E-state index in [1.807, 2.05) is 6.07 Å². The largest absolute Gasteiger partial charge is 0.467 e. The lowest BCUT2D eigenvalue weighted by molar-refractivity contribution is -0.143. The van der Waals surface area contributed by atoms with E-state index in [4.69, 9.17) is 4.74 Å². The smallest absolute Gasteiger partial charge is 0.336 e. The summed E-state index contributed by atoms with van der Waals surface area (Å²) in [7, 11) is 1.24. The van der Waals surface area contributed by atoms with E-state index in [1.165, 1.54) is 12.0 Å². The fourth-order valence-corrected chi connectivity index (χ4v) is 2.73. The lowest BCUT2D eigenvalue weighted by Crippen LogP contribution is -2.60. The molecule has 0 N–H and O–H groups in total. The Morgan fingerprint density at radius 3 is 2.04 bits per heavy atom. The van der Waals surface area contributed by atoms with Gasteiger partial charge in [0.15, 0.2) is 0 Å². The maximum atomic E-state index is 13.0. The molecule has 0 saturated carbocycles. The van der Waals surface area contributed by atoms with Gasteiger partial charge in [-0.05, 0) is 24.3 Å². The molecule has 3 amide bonds. The quantitative estimate of drug-likeness (QED) is 0.814. The lowest BCUT2D eigenvalue weighted by Gasteiger charge is -2.38. The Balaban J connectivity index is 2.05. The Labute approximate surface area is 139 Å². The van der Waals surface area contributed by atoms with E-state index in [9.17, 15) is 14.4 Å². The first-order valence-electron chi connectivity index (χ1n) is 7.47. The second-order valence-corrected chi connectivity index (χ2v) is 5.30. The van der Waals surface area contributed by atoms with E-state index >= 15 is 0 Å². The van der Waals surface area contributed by atoms with Gasteiger partial charge in [-0.25, -0.2) is 14.5 Å². The van der Waals surface area contributed by atoms with Crippen molar-refractivity contribution in [2.45, 2.75) is 12.5 Å². The number of carbonyl (C=O) groups is 3. The van der Waals surface area contributed by atoms with Crippen LogP contribution in [-0.4, -0.2) is 31.1 Å². The van der Waals surface area contributed by atoms with E-state index in [2.05, 4.69) is 0 Å². The molecule has 24 heavy (non-hydrogen) atoms. The van der Waals surface area contributed by atoms with Crippen LogP contribution in [0.3, 0.4) is 0 Å². The Morgan fingerprint density at radius 2 is 1.50 bits per heavy atom. The molecule has 1 aliphatic heterocycles. The summed E-state index contributed by atoms with van der Waals surface area (Å²) in [6, 6.07) is 15.9. The van der Waals surface area contributed by atoms with Crippen LogP contribution >= 0.6 is 0 Å². The van der Waals surface area contributed by atoms with Gasteiger partial charge in [0.2, 0.25) is 5.91 Å². The molecular weight excluding hydrogens is 308 g/mol. The molecular formula is C18H16N2O4. The average molecular weight is 324 g/mol.